The van der Waals surface area contributed by atoms with E-state index in [1.807, 2.05) is 0 Å². The number of rotatable bonds is 5. The SMILES string of the molecule is COCC(O)Cc1ccc([N+](=O)[O-])cc1Br. The van der Waals surface area contributed by atoms with Crippen LogP contribution in [0, 0.1) is 10.1 Å². The highest BCUT2D eigenvalue weighted by Gasteiger charge is 2.12. The van der Waals surface area contributed by atoms with Gasteiger partial charge in [-0.2, -0.15) is 0 Å². The first kappa shape index (κ1) is 13.1. The summed E-state index contributed by atoms with van der Waals surface area (Å²) in [4.78, 5) is 10.0. The Morgan fingerprint density at radius 2 is 2.31 bits per heavy atom. The first-order valence-corrected chi connectivity index (χ1v) is 5.43. The summed E-state index contributed by atoms with van der Waals surface area (Å²) in [6, 6.07) is 4.47. The maximum atomic E-state index is 10.5. The summed E-state index contributed by atoms with van der Waals surface area (Å²) in [6.45, 7) is 0.240. The number of ether oxygens (including phenoxy) is 1. The molecule has 0 fully saturated rings. The van der Waals surface area contributed by atoms with Crippen molar-refractivity contribution in [3.63, 3.8) is 0 Å². The number of hydrogen-bond acceptors (Lipinski definition) is 4. The normalized spacial score (nSPS) is 12.4. The van der Waals surface area contributed by atoms with E-state index >= 15 is 0 Å². The third-order valence-electron chi connectivity index (χ3n) is 2.06. The molecule has 1 aromatic rings. The average Bonchev–Trinajstić information content (AvgIpc) is 2.21. The second-order valence-corrected chi connectivity index (χ2v) is 4.20. The fourth-order valence-electron chi connectivity index (χ4n) is 1.32. The standard InChI is InChI=1S/C10H12BrNO4/c1-16-6-9(13)4-7-2-3-8(12(14)15)5-10(7)11/h2-3,5,9,13H,4,6H2,1H3. The van der Waals surface area contributed by atoms with Crippen LogP contribution in [0.2, 0.25) is 0 Å². The van der Waals surface area contributed by atoms with Crippen LogP contribution < -0.4 is 0 Å². The number of halogens is 1. The monoisotopic (exact) mass is 289 g/mol. The molecule has 0 amide bonds. The fourth-order valence-corrected chi connectivity index (χ4v) is 1.85. The van der Waals surface area contributed by atoms with Gasteiger partial charge in [0.05, 0.1) is 17.6 Å². The van der Waals surface area contributed by atoms with E-state index in [2.05, 4.69) is 15.9 Å². The van der Waals surface area contributed by atoms with E-state index < -0.39 is 11.0 Å². The molecule has 1 N–H and O–H groups in total. The summed E-state index contributed by atoms with van der Waals surface area (Å²) in [5.41, 5.74) is 0.840. The molecule has 0 aliphatic rings. The molecule has 1 aromatic carbocycles. The minimum absolute atomic E-state index is 0.0249. The Kier molecular flexibility index (Phi) is 4.85. The first-order chi connectivity index (χ1) is 7.54. The van der Waals surface area contributed by atoms with Gasteiger partial charge in [0.15, 0.2) is 0 Å². The highest BCUT2D eigenvalue weighted by atomic mass is 79.9. The molecule has 0 saturated heterocycles. The molecular weight excluding hydrogens is 278 g/mol. The van der Waals surface area contributed by atoms with Crippen LogP contribution in [0.4, 0.5) is 5.69 Å². The van der Waals surface area contributed by atoms with Gasteiger partial charge in [-0.3, -0.25) is 10.1 Å². The lowest BCUT2D eigenvalue weighted by Crippen LogP contribution is -2.17. The number of aliphatic hydroxyl groups is 1. The average molecular weight is 290 g/mol. The smallest absolute Gasteiger partial charge is 0.270 e. The zero-order valence-corrected chi connectivity index (χ0v) is 10.3. The highest BCUT2D eigenvalue weighted by Crippen LogP contribution is 2.24. The van der Waals surface area contributed by atoms with Crippen LogP contribution in [0.15, 0.2) is 22.7 Å². The van der Waals surface area contributed by atoms with Crippen LogP contribution in [0.1, 0.15) is 5.56 Å². The van der Waals surface area contributed by atoms with Crippen molar-refractivity contribution in [3.05, 3.63) is 38.3 Å². The molecule has 0 spiro atoms. The molecule has 88 valence electrons. The molecule has 0 aliphatic carbocycles. The lowest BCUT2D eigenvalue weighted by molar-refractivity contribution is -0.384. The Morgan fingerprint density at radius 3 is 2.81 bits per heavy atom. The van der Waals surface area contributed by atoms with E-state index in [1.54, 1.807) is 6.07 Å². The summed E-state index contributed by atoms with van der Waals surface area (Å²) in [5, 5.41) is 20.0. The van der Waals surface area contributed by atoms with Crippen molar-refractivity contribution in [2.45, 2.75) is 12.5 Å². The largest absolute Gasteiger partial charge is 0.390 e. The number of hydrogen-bond donors (Lipinski definition) is 1. The van der Waals surface area contributed by atoms with Gasteiger partial charge >= 0.3 is 0 Å². The third-order valence-corrected chi connectivity index (χ3v) is 2.80. The second-order valence-electron chi connectivity index (χ2n) is 3.35. The zero-order valence-electron chi connectivity index (χ0n) is 8.72. The van der Waals surface area contributed by atoms with E-state index in [0.29, 0.717) is 10.9 Å². The first-order valence-electron chi connectivity index (χ1n) is 4.64. The van der Waals surface area contributed by atoms with Crippen molar-refractivity contribution in [1.82, 2.24) is 0 Å². The number of benzene rings is 1. The molecule has 0 heterocycles. The van der Waals surface area contributed by atoms with E-state index in [4.69, 9.17) is 4.74 Å². The summed E-state index contributed by atoms with van der Waals surface area (Å²) in [6.07, 6.45) is -0.213. The van der Waals surface area contributed by atoms with Crippen LogP contribution in [-0.4, -0.2) is 29.9 Å². The van der Waals surface area contributed by atoms with Crippen molar-refractivity contribution in [3.8, 4) is 0 Å². The number of nitro benzene ring substituents is 1. The summed E-state index contributed by atoms with van der Waals surface area (Å²) in [5.74, 6) is 0. The van der Waals surface area contributed by atoms with Gasteiger partial charge < -0.3 is 9.84 Å². The van der Waals surface area contributed by atoms with Crippen LogP contribution in [0.25, 0.3) is 0 Å². The van der Waals surface area contributed by atoms with Crippen LogP contribution in [0.5, 0.6) is 0 Å². The number of nitro groups is 1. The maximum Gasteiger partial charge on any atom is 0.270 e. The van der Waals surface area contributed by atoms with Crippen molar-refractivity contribution in [2.24, 2.45) is 0 Å². The van der Waals surface area contributed by atoms with Gasteiger partial charge in [0.1, 0.15) is 0 Å². The van der Waals surface area contributed by atoms with E-state index in [9.17, 15) is 15.2 Å². The molecule has 0 saturated carbocycles. The van der Waals surface area contributed by atoms with Gasteiger partial charge in [-0.1, -0.05) is 22.0 Å². The van der Waals surface area contributed by atoms with Crippen LogP contribution in [0.3, 0.4) is 0 Å². The molecule has 0 aromatic heterocycles. The van der Waals surface area contributed by atoms with Crippen LogP contribution >= 0.6 is 15.9 Å². The summed E-state index contributed by atoms with van der Waals surface area (Å²) in [7, 11) is 1.51. The van der Waals surface area contributed by atoms with Gasteiger partial charge in [0.25, 0.3) is 5.69 Å². The molecule has 5 nitrogen and oxygen atoms in total. The van der Waals surface area contributed by atoms with Gasteiger partial charge in [-0.15, -0.1) is 0 Å². The summed E-state index contributed by atoms with van der Waals surface area (Å²) < 4.78 is 5.43. The van der Waals surface area contributed by atoms with Crippen LogP contribution in [-0.2, 0) is 11.2 Å². The minimum atomic E-state index is -0.609. The topological polar surface area (TPSA) is 72.6 Å². The van der Waals surface area contributed by atoms with Gasteiger partial charge in [-0.25, -0.2) is 0 Å². The lowest BCUT2D eigenvalue weighted by Gasteiger charge is -2.10. The van der Waals surface area contributed by atoms with Gasteiger partial charge in [-0.05, 0) is 5.56 Å². The molecule has 0 aliphatic heterocycles. The van der Waals surface area contributed by atoms with E-state index in [0.717, 1.165) is 5.56 Å². The second kappa shape index (κ2) is 5.93. The lowest BCUT2D eigenvalue weighted by atomic mass is 10.1. The number of non-ortho nitro benzene ring substituents is 1. The molecule has 1 rings (SSSR count). The molecule has 0 radical (unpaired) electrons. The predicted octanol–water partition coefficient (Wildman–Crippen LogP) is 1.91. The van der Waals surface area contributed by atoms with Crippen molar-refractivity contribution in [2.75, 3.05) is 13.7 Å². The molecule has 0 bridgehead atoms. The van der Waals surface area contributed by atoms with E-state index in [-0.39, 0.29) is 12.3 Å². The third kappa shape index (κ3) is 3.55. The Morgan fingerprint density at radius 1 is 1.62 bits per heavy atom. The maximum absolute atomic E-state index is 10.5. The number of aliphatic hydroxyl groups excluding tert-OH is 1. The highest BCUT2D eigenvalue weighted by molar-refractivity contribution is 9.10. The Balaban J connectivity index is 2.79. The number of methoxy groups -OCH3 is 1. The molecule has 16 heavy (non-hydrogen) atoms. The minimum Gasteiger partial charge on any atom is -0.390 e. The van der Waals surface area contributed by atoms with Gasteiger partial charge in [0.2, 0.25) is 0 Å². The number of nitrogens with zero attached hydrogens (tertiary/aromatic N) is 1. The molecular formula is C10H12BrNO4. The fraction of sp³-hybridized carbons (Fsp3) is 0.400. The Hall–Kier alpha value is -0.980. The Bertz CT molecular complexity index is 383. The molecule has 6 heteroatoms. The Labute approximate surface area is 101 Å². The van der Waals surface area contributed by atoms with Gasteiger partial charge in [0, 0.05) is 30.1 Å². The van der Waals surface area contributed by atoms with Crippen molar-refractivity contribution < 1.29 is 14.8 Å². The zero-order chi connectivity index (χ0) is 12.1. The van der Waals surface area contributed by atoms with Crippen molar-refractivity contribution in [1.29, 1.82) is 0 Å². The molecule has 1 unspecified atom stereocenters. The van der Waals surface area contributed by atoms with E-state index in [1.165, 1.54) is 19.2 Å². The predicted molar refractivity (Wildman–Crippen MR) is 62.4 cm³/mol. The molecule has 1 atom stereocenters. The van der Waals surface area contributed by atoms with Crippen molar-refractivity contribution >= 4 is 21.6 Å². The quantitative estimate of drug-likeness (QED) is 0.664. The summed E-state index contributed by atoms with van der Waals surface area (Å²) >= 11 is 3.24.